The Balaban J connectivity index is 3.43. The van der Waals surface area contributed by atoms with Crippen molar-refractivity contribution in [2.24, 2.45) is 5.73 Å². The fraction of sp³-hybridized carbons (Fsp3) is 0.375. The van der Waals surface area contributed by atoms with E-state index in [0.29, 0.717) is 0 Å². The van der Waals surface area contributed by atoms with Crippen LogP contribution in [0, 0.1) is 5.82 Å². The zero-order chi connectivity index (χ0) is 14.1. The van der Waals surface area contributed by atoms with Crippen molar-refractivity contribution in [3.8, 4) is 5.88 Å². The molecule has 0 aliphatic rings. The molecule has 102 valence electrons. The second-order valence-electron chi connectivity index (χ2n) is 3.01. The highest BCUT2D eigenvalue weighted by atomic mass is 19.4. The molecule has 0 saturated carbocycles. The highest BCUT2D eigenvalue weighted by Crippen LogP contribution is 2.39. The average molecular weight is 278 g/mol. The molecule has 0 spiro atoms. The first-order chi connectivity index (χ1) is 8.06. The smallest absolute Gasteiger partial charge is 0.387 e. The largest absolute Gasteiger partial charge is 0.574 e. The minimum absolute atomic E-state index is 0.179. The predicted octanol–water partition coefficient (Wildman–Crippen LogP) is 2.60. The third-order valence-corrected chi connectivity index (χ3v) is 1.80. The van der Waals surface area contributed by atoms with Crippen molar-refractivity contribution in [1.29, 1.82) is 0 Å². The molecule has 18 heavy (non-hydrogen) atoms. The first-order valence-corrected chi connectivity index (χ1v) is 4.26. The van der Waals surface area contributed by atoms with E-state index < -0.39 is 41.9 Å². The number of hydrogen-bond acceptors (Lipinski definition) is 3. The minimum Gasteiger partial charge on any atom is -0.387 e. The molecular formula is C8H5F7N2O. The Hall–Kier alpha value is -1.58. The Morgan fingerprint density at radius 3 is 2.11 bits per heavy atom. The van der Waals surface area contributed by atoms with Crippen LogP contribution in [0.2, 0.25) is 0 Å². The summed E-state index contributed by atoms with van der Waals surface area (Å²) in [5, 5.41) is 0. The summed E-state index contributed by atoms with van der Waals surface area (Å²) >= 11 is 0. The number of aromatic nitrogens is 1. The van der Waals surface area contributed by atoms with Gasteiger partial charge in [-0.05, 0) is 0 Å². The number of nitrogens with two attached hydrogens (primary N) is 1. The summed E-state index contributed by atoms with van der Waals surface area (Å²) in [6, 6.07) is 0. The van der Waals surface area contributed by atoms with Crippen LogP contribution in [-0.4, -0.2) is 11.3 Å². The van der Waals surface area contributed by atoms with Gasteiger partial charge in [0.15, 0.2) is 0 Å². The molecule has 0 aromatic carbocycles. The average Bonchev–Trinajstić information content (AvgIpc) is 2.16. The van der Waals surface area contributed by atoms with E-state index in [0.717, 1.165) is 0 Å². The van der Waals surface area contributed by atoms with Crippen LogP contribution in [-0.2, 0) is 12.7 Å². The van der Waals surface area contributed by atoms with E-state index in [2.05, 4.69) is 9.72 Å². The van der Waals surface area contributed by atoms with Crippen LogP contribution < -0.4 is 10.5 Å². The van der Waals surface area contributed by atoms with Crippen LogP contribution >= 0.6 is 0 Å². The van der Waals surface area contributed by atoms with E-state index >= 15 is 0 Å². The first-order valence-electron chi connectivity index (χ1n) is 4.26. The van der Waals surface area contributed by atoms with Gasteiger partial charge in [-0.15, -0.1) is 13.2 Å². The molecule has 2 N–H and O–H groups in total. The Morgan fingerprint density at radius 2 is 1.72 bits per heavy atom. The topological polar surface area (TPSA) is 48.1 Å². The molecule has 0 aliphatic heterocycles. The Bertz CT molecular complexity index is 440. The summed E-state index contributed by atoms with van der Waals surface area (Å²) in [5.74, 6) is -3.24. The minimum atomic E-state index is -5.38. The van der Waals surface area contributed by atoms with Gasteiger partial charge in [0.1, 0.15) is 11.4 Å². The van der Waals surface area contributed by atoms with E-state index in [9.17, 15) is 30.7 Å². The maximum absolute atomic E-state index is 13.0. The zero-order valence-corrected chi connectivity index (χ0v) is 8.36. The van der Waals surface area contributed by atoms with Crippen LogP contribution in [0.25, 0.3) is 0 Å². The van der Waals surface area contributed by atoms with Gasteiger partial charge >= 0.3 is 12.5 Å². The normalized spacial score (nSPS) is 12.7. The lowest BCUT2D eigenvalue weighted by molar-refractivity contribution is -0.278. The third kappa shape index (κ3) is 3.22. The lowest BCUT2D eigenvalue weighted by Crippen LogP contribution is -2.23. The summed E-state index contributed by atoms with van der Waals surface area (Å²) in [4.78, 5) is 2.65. The van der Waals surface area contributed by atoms with Crippen LogP contribution in [0.5, 0.6) is 5.88 Å². The highest BCUT2D eigenvalue weighted by molar-refractivity contribution is 5.38. The monoisotopic (exact) mass is 278 g/mol. The van der Waals surface area contributed by atoms with E-state index in [1.54, 1.807) is 0 Å². The molecule has 0 aliphatic carbocycles. The van der Waals surface area contributed by atoms with Crippen LogP contribution in [0.3, 0.4) is 0 Å². The fourth-order valence-electron chi connectivity index (χ4n) is 1.19. The third-order valence-electron chi connectivity index (χ3n) is 1.80. The molecule has 0 fully saturated rings. The molecule has 1 aromatic heterocycles. The van der Waals surface area contributed by atoms with Crippen LogP contribution in [0.1, 0.15) is 11.1 Å². The molecule has 10 heteroatoms. The number of nitrogens with zero attached hydrogens (tertiary/aromatic N) is 1. The SMILES string of the molecule is NCc1c(F)cnc(OC(F)(F)F)c1C(F)(F)F. The van der Waals surface area contributed by atoms with Gasteiger partial charge in [-0.1, -0.05) is 0 Å². The van der Waals surface area contributed by atoms with Crippen molar-refractivity contribution in [3.63, 3.8) is 0 Å². The van der Waals surface area contributed by atoms with E-state index in [4.69, 9.17) is 5.73 Å². The number of pyridine rings is 1. The standard InChI is InChI=1S/C8H5F7N2O/c9-4-2-17-6(18-8(13,14)15)5(3(4)1-16)7(10,11)12/h2H,1,16H2. The van der Waals surface area contributed by atoms with Gasteiger partial charge in [-0.25, -0.2) is 9.37 Å². The van der Waals surface area contributed by atoms with Crippen molar-refractivity contribution < 1.29 is 35.5 Å². The van der Waals surface area contributed by atoms with Gasteiger partial charge in [0.2, 0.25) is 5.88 Å². The summed E-state index contributed by atoms with van der Waals surface area (Å²) < 4.78 is 89.4. The van der Waals surface area contributed by atoms with Gasteiger partial charge in [-0.3, -0.25) is 0 Å². The predicted molar refractivity (Wildman–Crippen MR) is 43.8 cm³/mol. The molecule has 1 heterocycles. The molecule has 0 saturated heterocycles. The van der Waals surface area contributed by atoms with Crippen LogP contribution in [0.15, 0.2) is 6.20 Å². The summed E-state index contributed by atoms with van der Waals surface area (Å²) in [6.07, 6.45) is -10.5. The lowest BCUT2D eigenvalue weighted by atomic mass is 10.1. The highest BCUT2D eigenvalue weighted by Gasteiger charge is 2.43. The molecular weight excluding hydrogens is 273 g/mol. The van der Waals surface area contributed by atoms with Crippen molar-refractivity contribution in [3.05, 3.63) is 23.1 Å². The summed E-state index contributed by atoms with van der Waals surface area (Å²) in [5.41, 5.74) is 1.76. The number of alkyl halides is 6. The van der Waals surface area contributed by atoms with Gasteiger partial charge in [-0.2, -0.15) is 13.2 Å². The van der Waals surface area contributed by atoms with Crippen LogP contribution in [0.4, 0.5) is 30.7 Å². The van der Waals surface area contributed by atoms with E-state index in [-0.39, 0.29) is 6.20 Å². The summed E-state index contributed by atoms with van der Waals surface area (Å²) in [6.45, 7) is -0.947. The van der Waals surface area contributed by atoms with Crippen molar-refractivity contribution >= 4 is 0 Å². The Morgan fingerprint density at radius 1 is 1.17 bits per heavy atom. The Labute approximate surface area is 95.4 Å². The lowest BCUT2D eigenvalue weighted by Gasteiger charge is -2.17. The second-order valence-corrected chi connectivity index (χ2v) is 3.01. The molecule has 1 aromatic rings. The number of rotatable bonds is 2. The van der Waals surface area contributed by atoms with Gasteiger partial charge in [0.25, 0.3) is 0 Å². The molecule has 0 amide bonds. The Kier molecular flexibility index (Phi) is 3.70. The van der Waals surface area contributed by atoms with Gasteiger partial charge in [0, 0.05) is 12.1 Å². The maximum atomic E-state index is 13.0. The van der Waals surface area contributed by atoms with E-state index in [1.807, 2.05) is 0 Å². The quantitative estimate of drug-likeness (QED) is 0.846. The second kappa shape index (κ2) is 4.59. The van der Waals surface area contributed by atoms with Gasteiger partial charge < -0.3 is 10.5 Å². The molecule has 0 radical (unpaired) electrons. The maximum Gasteiger partial charge on any atom is 0.574 e. The number of ether oxygens (including phenoxy) is 1. The molecule has 0 bridgehead atoms. The molecule has 0 unspecified atom stereocenters. The zero-order valence-electron chi connectivity index (χ0n) is 8.36. The van der Waals surface area contributed by atoms with Crippen molar-refractivity contribution in [2.45, 2.75) is 19.1 Å². The number of hydrogen-bond donors (Lipinski definition) is 1. The first kappa shape index (κ1) is 14.5. The van der Waals surface area contributed by atoms with Gasteiger partial charge in [0.05, 0.1) is 6.20 Å². The molecule has 3 nitrogen and oxygen atoms in total. The van der Waals surface area contributed by atoms with E-state index in [1.165, 1.54) is 0 Å². The fourth-order valence-corrected chi connectivity index (χ4v) is 1.19. The molecule has 0 atom stereocenters. The summed E-state index contributed by atoms with van der Waals surface area (Å²) in [7, 11) is 0. The van der Waals surface area contributed by atoms with Crippen molar-refractivity contribution in [1.82, 2.24) is 4.98 Å². The van der Waals surface area contributed by atoms with Crippen molar-refractivity contribution in [2.75, 3.05) is 0 Å². The molecule has 1 rings (SSSR count). The number of halogens is 7.